The molecule has 1 N–H and O–H groups in total. The van der Waals surface area contributed by atoms with Crippen LogP contribution in [0, 0.1) is 28.9 Å². The molecular weight excluding hydrogens is 427 g/mol. The van der Waals surface area contributed by atoms with Gasteiger partial charge in [0, 0.05) is 24.7 Å². The number of rotatable bonds is 5. The molecule has 1 aliphatic heterocycles. The molecule has 8 heteroatoms. The maximum atomic E-state index is 15.1. The standard InChI is InChI=1S/C25H24F3N5/c26-17-5-6-20(27)19(13-17)23(28)16-8-10-33(11-9-16)25-24(30-18-2-1-3-18)31-21-7-4-15(14-29)12-22(21)32-25/h4-7,12-13,16,18,23H,1-3,8-11H2,(H,30,31). The van der Waals surface area contributed by atoms with Crippen molar-refractivity contribution in [2.45, 2.75) is 44.3 Å². The van der Waals surface area contributed by atoms with E-state index in [2.05, 4.69) is 16.3 Å². The highest BCUT2D eigenvalue weighted by molar-refractivity contribution is 5.82. The summed E-state index contributed by atoms with van der Waals surface area (Å²) in [5.41, 5.74) is 1.64. The highest BCUT2D eigenvalue weighted by atomic mass is 19.1. The highest BCUT2D eigenvalue weighted by Gasteiger charge is 2.31. The number of alkyl halides is 1. The van der Waals surface area contributed by atoms with Crippen LogP contribution in [0.1, 0.15) is 49.4 Å². The van der Waals surface area contributed by atoms with Crippen molar-refractivity contribution in [3.63, 3.8) is 0 Å². The van der Waals surface area contributed by atoms with E-state index < -0.39 is 23.7 Å². The summed E-state index contributed by atoms with van der Waals surface area (Å²) in [6.07, 6.45) is 2.75. The van der Waals surface area contributed by atoms with Gasteiger partial charge in [0.15, 0.2) is 11.6 Å². The van der Waals surface area contributed by atoms with Crippen molar-refractivity contribution in [1.82, 2.24) is 9.97 Å². The summed E-state index contributed by atoms with van der Waals surface area (Å²) in [6.45, 7) is 1.05. The van der Waals surface area contributed by atoms with Gasteiger partial charge in [-0.2, -0.15) is 5.26 Å². The summed E-state index contributed by atoms with van der Waals surface area (Å²) in [5.74, 6) is -0.369. The van der Waals surface area contributed by atoms with Crippen LogP contribution >= 0.6 is 0 Å². The first-order chi connectivity index (χ1) is 16.0. The van der Waals surface area contributed by atoms with Gasteiger partial charge in [-0.05, 0) is 74.4 Å². The Labute approximate surface area is 190 Å². The van der Waals surface area contributed by atoms with E-state index in [4.69, 9.17) is 9.97 Å². The minimum absolute atomic E-state index is 0.213. The normalized spacial score (nSPS) is 18.1. The topological polar surface area (TPSA) is 64.8 Å². The van der Waals surface area contributed by atoms with E-state index in [0.29, 0.717) is 60.2 Å². The quantitative estimate of drug-likeness (QED) is 0.541. The zero-order valence-electron chi connectivity index (χ0n) is 18.1. The van der Waals surface area contributed by atoms with Gasteiger partial charge in [-0.15, -0.1) is 0 Å². The van der Waals surface area contributed by atoms with E-state index in [-0.39, 0.29) is 5.56 Å². The van der Waals surface area contributed by atoms with Crippen molar-refractivity contribution in [3.05, 3.63) is 59.2 Å². The summed E-state index contributed by atoms with van der Waals surface area (Å²) < 4.78 is 42.7. The predicted octanol–water partition coefficient (Wildman–Crippen LogP) is 5.67. The molecule has 33 heavy (non-hydrogen) atoms. The van der Waals surface area contributed by atoms with E-state index >= 15 is 4.39 Å². The molecule has 2 aromatic carbocycles. The highest BCUT2D eigenvalue weighted by Crippen LogP contribution is 2.38. The predicted molar refractivity (Wildman–Crippen MR) is 121 cm³/mol. The van der Waals surface area contributed by atoms with E-state index in [9.17, 15) is 14.0 Å². The summed E-state index contributed by atoms with van der Waals surface area (Å²) in [6, 6.07) is 10.7. The van der Waals surface area contributed by atoms with E-state index in [1.807, 2.05) is 0 Å². The van der Waals surface area contributed by atoms with Crippen LogP contribution in [0.2, 0.25) is 0 Å². The molecule has 1 atom stereocenters. The molecule has 0 radical (unpaired) electrons. The Morgan fingerprint density at radius 1 is 1.00 bits per heavy atom. The van der Waals surface area contributed by atoms with Gasteiger partial charge in [0.1, 0.15) is 17.8 Å². The molecule has 2 heterocycles. The number of aromatic nitrogens is 2. The van der Waals surface area contributed by atoms with Gasteiger partial charge in [0.2, 0.25) is 0 Å². The zero-order valence-corrected chi connectivity index (χ0v) is 18.1. The number of benzene rings is 2. The number of nitriles is 1. The van der Waals surface area contributed by atoms with Crippen molar-refractivity contribution in [3.8, 4) is 6.07 Å². The average Bonchev–Trinajstić information content (AvgIpc) is 2.81. The van der Waals surface area contributed by atoms with Crippen LogP contribution in [0.5, 0.6) is 0 Å². The summed E-state index contributed by atoms with van der Waals surface area (Å²) in [4.78, 5) is 11.7. The van der Waals surface area contributed by atoms with Crippen molar-refractivity contribution >= 4 is 22.7 Å². The third-order valence-electron chi connectivity index (χ3n) is 6.73. The van der Waals surface area contributed by atoms with Gasteiger partial charge in [0.05, 0.1) is 22.7 Å². The molecule has 170 valence electrons. The Hall–Kier alpha value is -3.34. The number of anilines is 2. The molecule has 1 saturated carbocycles. The maximum Gasteiger partial charge on any atom is 0.172 e. The lowest BCUT2D eigenvalue weighted by Crippen LogP contribution is -2.37. The number of fused-ring (bicyclic) bond motifs is 1. The van der Waals surface area contributed by atoms with Crippen LogP contribution < -0.4 is 10.2 Å². The molecule has 0 spiro atoms. The van der Waals surface area contributed by atoms with Gasteiger partial charge < -0.3 is 10.2 Å². The minimum atomic E-state index is -1.56. The lowest BCUT2D eigenvalue weighted by Gasteiger charge is -2.36. The van der Waals surface area contributed by atoms with Crippen LogP contribution in [-0.4, -0.2) is 29.1 Å². The number of hydrogen-bond donors (Lipinski definition) is 1. The van der Waals surface area contributed by atoms with Gasteiger partial charge in [-0.3, -0.25) is 0 Å². The largest absolute Gasteiger partial charge is 0.364 e. The average molecular weight is 451 g/mol. The fourth-order valence-electron chi connectivity index (χ4n) is 4.56. The van der Waals surface area contributed by atoms with Gasteiger partial charge in [-0.1, -0.05) is 0 Å². The molecule has 0 bridgehead atoms. The summed E-state index contributed by atoms with van der Waals surface area (Å²) in [5, 5.41) is 12.7. The van der Waals surface area contributed by atoms with Crippen molar-refractivity contribution in [1.29, 1.82) is 5.26 Å². The second-order valence-electron chi connectivity index (χ2n) is 8.88. The molecule has 3 aromatic rings. The number of hydrogen-bond acceptors (Lipinski definition) is 5. The van der Waals surface area contributed by atoms with Crippen LogP contribution in [-0.2, 0) is 0 Å². The molecule has 1 aromatic heterocycles. The first-order valence-corrected chi connectivity index (χ1v) is 11.3. The summed E-state index contributed by atoms with van der Waals surface area (Å²) >= 11 is 0. The molecule has 1 aliphatic carbocycles. The lowest BCUT2D eigenvalue weighted by atomic mass is 9.88. The Morgan fingerprint density at radius 2 is 1.79 bits per heavy atom. The smallest absolute Gasteiger partial charge is 0.172 e. The molecule has 2 aliphatic rings. The van der Waals surface area contributed by atoms with E-state index in [1.165, 1.54) is 6.42 Å². The Kier molecular flexibility index (Phi) is 5.79. The molecular formula is C25H24F3N5. The van der Waals surface area contributed by atoms with Crippen molar-refractivity contribution in [2.75, 3.05) is 23.3 Å². The zero-order chi connectivity index (χ0) is 22.9. The van der Waals surface area contributed by atoms with Crippen LogP contribution in [0.25, 0.3) is 11.0 Å². The molecule has 1 saturated heterocycles. The van der Waals surface area contributed by atoms with Crippen LogP contribution in [0.3, 0.4) is 0 Å². The number of piperidine rings is 1. The van der Waals surface area contributed by atoms with Gasteiger partial charge >= 0.3 is 0 Å². The lowest BCUT2D eigenvalue weighted by molar-refractivity contribution is 0.193. The molecule has 0 amide bonds. The molecule has 2 fully saturated rings. The Balaban J connectivity index is 1.39. The third-order valence-corrected chi connectivity index (χ3v) is 6.73. The van der Waals surface area contributed by atoms with Crippen molar-refractivity contribution in [2.24, 2.45) is 5.92 Å². The Morgan fingerprint density at radius 3 is 2.48 bits per heavy atom. The minimum Gasteiger partial charge on any atom is -0.364 e. The first kappa shape index (κ1) is 21.5. The fourth-order valence-corrected chi connectivity index (χ4v) is 4.56. The number of nitrogens with one attached hydrogen (secondary N) is 1. The second kappa shape index (κ2) is 8.89. The summed E-state index contributed by atoms with van der Waals surface area (Å²) in [7, 11) is 0. The van der Waals surface area contributed by atoms with Crippen LogP contribution in [0.15, 0.2) is 36.4 Å². The van der Waals surface area contributed by atoms with E-state index in [0.717, 1.165) is 31.0 Å². The number of nitrogens with zero attached hydrogens (tertiary/aromatic N) is 4. The number of halogens is 3. The monoisotopic (exact) mass is 451 g/mol. The maximum absolute atomic E-state index is 15.1. The van der Waals surface area contributed by atoms with Crippen LogP contribution in [0.4, 0.5) is 24.8 Å². The molecule has 5 rings (SSSR count). The second-order valence-corrected chi connectivity index (χ2v) is 8.88. The first-order valence-electron chi connectivity index (χ1n) is 11.3. The van der Waals surface area contributed by atoms with Gasteiger partial charge in [0.25, 0.3) is 0 Å². The molecule has 1 unspecified atom stereocenters. The third kappa shape index (κ3) is 4.32. The van der Waals surface area contributed by atoms with Crippen molar-refractivity contribution < 1.29 is 13.2 Å². The fraction of sp³-hybridized carbons (Fsp3) is 0.400. The Bertz CT molecular complexity index is 1210. The van der Waals surface area contributed by atoms with Gasteiger partial charge in [-0.25, -0.2) is 23.1 Å². The molecule has 5 nitrogen and oxygen atoms in total. The van der Waals surface area contributed by atoms with E-state index in [1.54, 1.807) is 18.2 Å². The SMILES string of the molecule is N#Cc1ccc2nc(NC3CCC3)c(N3CCC(C(F)c4cc(F)ccc4F)CC3)nc2c1.